The fraction of sp³-hybridized carbons (Fsp3) is 0.429. The molecule has 25 heavy (non-hydrogen) atoms. The number of hydrogen-bond acceptors (Lipinski definition) is 7. The molecule has 6 N–H and O–H groups in total. The van der Waals surface area contributed by atoms with E-state index in [1.54, 1.807) is 13.8 Å². The number of carbonyl (C=O) groups is 2. The van der Waals surface area contributed by atoms with Gasteiger partial charge in [-0.15, -0.1) is 0 Å². The van der Waals surface area contributed by atoms with Gasteiger partial charge in [-0.05, 0) is 26.0 Å². The number of benzene rings is 1. The molecule has 1 rings (SSSR count). The average Bonchev–Trinajstić information content (AvgIpc) is 2.44. The summed E-state index contributed by atoms with van der Waals surface area (Å²) in [6.07, 6.45) is -0.984. The molecule has 0 fully saturated rings. The average molecular weight is 395 g/mol. The third kappa shape index (κ3) is 5.56. The number of carbonyl (C=O) groups excluding carboxylic acids is 2. The second-order valence-corrected chi connectivity index (χ2v) is 7.43. The number of rotatable bonds is 7. The van der Waals surface area contributed by atoms with Crippen molar-refractivity contribution in [3.63, 3.8) is 0 Å². The Labute approximate surface area is 149 Å². The summed E-state index contributed by atoms with van der Waals surface area (Å²) in [5.74, 6) is -3.84. The molecule has 0 radical (unpaired) electrons. The Bertz CT molecular complexity index is 780. The van der Waals surface area contributed by atoms with Gasteiger partial charge in [-0.3, -0.25) is 14.1 Å². The third-order valence-electron chi connectivity index (χ3n) is 3.23. The molecule has 0 bridgehead atoms. The molecule has 0 aliphatic heterocycles. The Morgan fingerprint density at radius 3 is 2.32 bits per heavy atom. The van der Waals surface area contributed by atoms with E-state index in [4.69, 9.17) is 27.8 Å². The summed E-state index contributed by atoms with van der Waals surface area (Å²) in [4.78, 5) is 22.5. The number of primary amides is 1. The molecule has 9 nitrogen and oxygen atoms in total. The van der Waals surface area contributed by atoms with Crippen molar-refractivity contribution in [3.05, 3.63) is 22.7 Å². The highest BCUT2D eigenvalue weighted by Gasteiger charge is 2.33. The molecule has 1 unspecified atom stereocenters. The summed E-state index contributed by atoms with van der Waals surface area (Å²) in [5, 5.41) is 10.0. The van der Waals surface area contributed by atoms with Crippen molar-refractivity contribution in [3.8, 4) is 5.75 Å². The lowest BCUT2D eigenvalue weighted by Crippen LogP contribution is -2.40. The molecule has 140 valence electrons. The van der Waals surface area contributed by atoms with Gasteiger partial charge in [-0.25, -0.2) is 0 Å². The zero-order valence-corrected chi connectivity index (χ0v) is 15.0. The minimum Gasteiger partial charge on any atom is -0.506 e. The number of nitrogens with two attached hydrogens (primary N) is 2. The molecule has 1 aromatic rings. The van der Waals surface area contributed by atoms with Crippen molar-refractivity contribution >= 4 is 33.6 Å². The van der Waals surface area contributed by atoms with Crippen molar-refractivity contribution in [2.24, 2.45) is 11.5 Å². The first-order chi connectivity index (χ1) is 11.3. The van der Waals surface area contributed by atoms with E-state index in [9.17, 15) is 27.7 Å². The van der Waals surface area contributed by atoms with E-state index < -0.39 is 57.1 Å². The van der Waals surface area contributed by atoms with Crippen LogP contribution in [0.3, 0.4) is 0 Å². The lowest BCUT2D eigenvalue weighted by Gasteiger charge is -2.24. The number of esters is 1. The van der Waals surface area contributed by atoms with Crippen LogP contribution < -0.4 is 11.5 Å². The summed E-state index contributed by atoms with van der Waals surface area (Å²) in [5.41, 5.74) is 10.7. The highest BCUT2D eigenvalue weighted by Crippen LogP contribution is 2.38. The van der Waals surface area contributed by atoms with Gasteiger partial charge in [-0.1, -0.05) is 11.6 Å². The number of phenolic OH excluding ortho intramolecular Hbond substituents is 1. The zero-order chi connectivity index (χ0) is 19.5. The van der Waals surface area contributed by atoms with Crippen molar-refractivity contribution < 1.29 is 32.4 Å². The first-order valence-corrected chi connectivity index (χ1v) is 8.90. The maximum absolute atomic E-state index is 12.0. The Balaban J connectivity index is 3.49. The molecule has 0 heterocycles. The topological polar surface area (TPSA) is 170 Å². The minimum absolute atomic E-state index is 0.167. The largest absolute Gasteiger partial charge is 0.506 e. The number of ether oxygens (including phenoxy) is 1. The molecule has 0 aromatic heterocycles. The smallest absolute Gasteiger partial charge is 0.323 e. The quantitative estimate of drug-likeness (QED) is 0.383. The van der Waals surface area contributed by atoms with Crippen molar-refractivity contribution in [1.29, 1.82) is 0 Å². The Kier molecular flexibility index (Phi) is 6.77. The van der Waals surface area contributed by atoms with Gasteiger partial charge in [0.05, 0.1) is 6.10 Å². The molecule has 2 atom stereocenters. The van der Waals surface area contributed by atoms with Crippen molar-refractivity contribution in [1.82, 2.24) is 0 Å². The second-order valence-electron chi connectivity index (χ2n) is 5.61. The lowest BCUT2D eigenvalue weighted by molar-refractivity contribution is -0.149. The van der Waals surface area contributed by atoms with Gasteiger partial charge in [0.15, 0.2) is 0 Å². The second kappa shape index (κ2) is 8.00. The van der Waals surface area contributed by atoms with Crippen LogP contribution in [-0.4, -0.2) is 42.1 Å². The summed E-state index contributed by atoms with van der Waals surface area (Å²) in [7, 11) is -4.81. The molecule has 0 saturated heterocycles. The normalized spacial score (nSPS) is 14.2. The molecule has 0 spiro atoms. The molecule has 11 heteroatoms. The van der Waals surface area contributed by atoms with E-state index in [1.807, 2.05) is 0 Å². The SMILES string of the molecule is CC(C)OC(=O)[C@@H](N)C(CC(N)=O)c1cc(Cl)cc(S(=O)(=O)O)c1O. The molecule has 0 aliphatic carbocycles. The molecule has 1 amide bonds. The van der Waals surface area contributed by atoms with Gasteiger partial charge in [0.1, 0.15) is 16.7 Å². The van der Waals surface area contributed by atoms with E-state index in [0.29, 0.717) is 0 Å². The summed E-state index contributed by atoms with van der Waals surface area (Å²) in [6.45, 7) is 3.17. The predicted octanol–water partition coefficient (Wildman–Crippen LogP) is 0.530. The van der Waals surface area contributed by atoms with Gasteiger partial charge in [0.2, 0.25) is 5.91 Å². The van der Waals surface area contributed by atoms with E-state index in [2.05, 4.69) is 0 Å². The van der Waals surface area contributed by atoms with Crippen LogP contribution in [0.4, 0.5) is 0 Å². The zero-order valence-electron chi connectivity index (χ0n) is 13.5. The molecule has 1 aromatic carbocycles. The molecular formula is C14H19ClN2O7S. The third-order valence-corrected chi connectivity index (χ3v) is 4.31. The maximum atomic E-state index is 12.0. The van der Waals surface area contributed by atoms with Gasteiger partial charge < -0.3 is 21.3 Å². The molecule has 0 saturated carbocycles. The Morgan fingerprint density at radius 1 is 1.32 bits per heavy atom. The fourth-order valence-corrected chi connectivity index (χ4v) is 3.13. The molecule has 0 aliphatic rings. The van der Waals surface area contributed by atoms with Gasteiger partial charge in [0, 0.05) is 22.9 Å². The van der Waals surface area contributed by atoms with Gasteiger partial charge in [-0.2, -0.15) is 8.42 Å². The number of phenols is 1. The van der Waals surface area contributed by atoms with Crippen molar-refractivity contribution in [2.75, 3.05) is 0 Å². The number of halogens is 1. The van der Waals surface area contributed by atoms with Gasteiger partial charge in [0.25, 0.3) is 10.1 Å². The standard InChI is InChI=1S/C14H19ClN2O7S/c1-6(2)24-14(20)12(17)8(5-11(16)18)9-3-7(15)4-10(13(9)19)25(21,22)23/h3-4,6,8,12,19H,5,17H2,1-2H3,(H2,16,18)(H,21,22,23)/t8?,12-/m0/s1. The first-order valence-electron chi connectivity index (χ1n) is 7.08. The summed E-state index contributed by atoms with van der Waals surface area (Å²) < 4.78 is 36.9. The maximum Gasteiger partial charge on any atom is 0.323 e. The first kappa shape index (κ1) is 21.2. The highest BCUT2D eigenvalue weighted by atomic mass is 35.5. The summed E-state index contributed by atoms with van der Waals surface area (Å²) in [6, 6.07) is 0.505. The number of amides is 1. The monoisotopic (exact) mass is 394 g/mol. The Morgan fingerprint density at radius 2 is 1.88 bits per heavy atom. The van der Waals surface area contributed by atoms with Crippen LogP contribution in [0.25, 0.3) is 0 Å². The van der Waals surface area contributed by atoms with E-state index in [0.717, 1.165) is 12.1 Å². The Hall–Kier alpha value is -1.88. The number of hydrogen-bond donors (Lipinski definition) is 4. The van der Waals surface area contributed by atoms with E-state index in [1.165, 1.54) is 0 Å². The van der Waals surface area contributed by atoms with E-state index in [-0.39, 0.29) is 10.6 Å². The summed E-state index contributed by atoms with van der Waals surface area (Å²) >= 11 is 5.82. The number of aromatic hydroxyl groups is 1. The lowest BCUT2D eigenvalue weighted by atomic mass is 9.88. The minimum atomic E-state index is -4.81. The van der Waals surface area contributed by atoms with Crippen LogP contribution in [0.5, 0.6) is 5.75 Å². The van der Waals surface area contributed by atoms with Crippen LogP contribution >= 0.6 is 11.6 Å². The van der Waals surface area contributed by atoms with E-state index >= 15 is 0 Å². The fourth-order valence-electron chi connectivity index (χ4n) is 2.20. The van der Waals surface area contributed by atoms with Crippen LogP contribution in [0.15, 0.2) is 17.0 Å². The van der Waals surface area contributed by atoms with Gasteiger partial charge >= 0.3 is 5.97 Å². The molecular weight excluding hydrogens is 376 g/mol. The van der Waals surface area contributed by atoms with Crippen LogP contribution in [0.2, 0.25) is 5.02 Å². The van der Waals surface area contributed by atoms with Crippen LogP contribution in [0, 0.1) is 0 Å². The van der Waals surface area contributed by atoms with Crippen molar-refractivity contribution in [2.45, 2.75) is 43.2 Å². The predicted molar refractivity (Wildman–Crippen MR) is 88.7 cm³/mol. The highest BCUT2D eigenvalue weighted by molar-refractivity contribution is 7.86. The van der Waals surface area contributed by atoms with Crippen LogP contribution in [-0.2, 0) is 24.4 Å². The van der Waals surface area contributed by atoms with Crippen LogP contribution in [0.1, 0.15) is 31.7 Å².